The number of carbonyl (C=O) groups is 2. The van der Waals surface area contributed by atoms with Crippen molar-refractivity contribution in [2.24, 2.45) is 5.92 Å². The number of hydrogen-bond donors (Lipinski definition) is 1. The fourth-order valence-corrected chi connectivity index (χ4v) is 3.75. The SMILES string of the molecule is CC(C)CNC(=O)[C@H](c1ccccc1)N(Cc1ccc(Cl)cc1)C(=O)Cc1ccc(Cl)cc1. The second kappa shape index (κ2) is 11.9. The van der Waals surface area contributed by atoms with Crippen molar-refractivity contribution in [1.82, 2.24) is 10.2 Å². The summed E-state index contributed by atoms with van der Waals surface area (Å²) in [6, 6.07) is 23.1. The summed E-state index contributed by atoms with van der Waals surface area (Å²) in [7, 11) is 0. The van der Waals surface area contributed by atoms with E-state index in [2.05, 4.69) is 5.32 Å². The third-order valence-electron chi connectivity index (χ3n) is 5.22. The van der Waals surface area contributed by atoms with Gasteiger partial charge in [-0.15, -0.1) is 0 Å². The summed E-state index contributed by atoms with van der Waals surface area (Å²) in [5.41, 5.74) is 2.48. The number of benzene rings is 3. The normalized spacial score (nSPS) is 11.8. The Morgan fingerprint density at radius 2 is 1.36 bits per heavy atom. The van der Waals surface area contributed by atoms with E-state index in [0.717, 1.165) is 16.7 Å². The maximum atomic E-state index is 13.6. The number of nitrogens with zero attached hydrogens (tertiary/aromatic N) is 1. The predicted molar refractivity (Wildman–Crippen MR) is 134 cm³/mol. The van der Waals surface area contributed by atoms with Crippen molar-refractivity contribution >= 4 is 35.0 Å². The van der Waals surface area contributed by atoms with Crippen LogP contribution in [0.5, 0.6) is 0 Å². The van der Waals surface area contributed by atoms with Crippen molar-refractivity contribution in [3.8, 4) is 0 Å². The molecule has 3 aromatic rings. The van der Waals surface area contributed by atoms with Gasteiger partial charge in [0.25, 0.3) is 0 Å². The number of halogens is 2. The van der Waals surface area contributed by atoms with Crippen LogP contribution in [0.15, 0.2) is 78.9 Å². The third kappa shape index (κ3) is 7.34. The van der Waals surface area contributed by atoms with Crippen molar-refractivity contribution in [1.29, 1.82) is 0 Å². The molecule has 0 unspecified atom stereocenters. The minimum absolute atomic E-state index is 0.152. The van der Waals surface area contributed by atoms with E-state index in [0.29, 0.717) is 22.5 Å². The van der Waals surface area contributed by atoms with E-state index in [4.69, 9.17) is 23.2 Å². The van der Waals surface area contributed by atoms with Crippen molar-refractivity contribution in [3.05, 3.63) is 106 Å². The van der Waals surface area contributed by atoms with Crippen LogP contribution in [0.25, 0.3) is 0 Å². The van der Waals surface area contributed by atoms with Gasteiger partial charge in [-0.05, 0) is 46.9 Å². The summed E-state index contributed by atoms with van der Waals surface area (Å²) in [5, 5.41) is 4.24. The van der Waals surface area contributed by atoms with E-state index in [1.165, 1.54) is 0 Å². The lowest BCUT2D eigenvalue weighted by atomic mass is 10.0. The van der Waals surface area contributed by atoms with Crippen LogP contribution >= 0.6 is 23.2 Å². The Labute approximate surface area is 205 Å². The lowest BCUT2D eigenvalue weighted by molar-refractivity contribution is -0.141. The van der Waals surface area contributed by atoms with Crippen LogP contribution in [-0.4, -0.2) is 23.3 Å². The summed E-state index contributed by atoms with van der Waals surface area (Å²) in [6.07, 6.45) is 0.158. The molecule has 0 saturated heterocycles. The molecule has 33 heavy (non-hydrogen) atoms. The monoisotopic (exact) mass is 482 g/mol. The zero-order valence-corrected chi connectivity index (χ0v) is 20.3. The molecule has 172 valence electrons. The average Bonchev–Trinajstić information content (AvgIpc) is 2.80. The van der Waals surface area contributed by atoms with Crippen LogP contribution in [0.2, 0.25) is 10.0 Å². The highest BCUT2D eigenvalue weighted by Gasteiger charge is 2.31. The highest BCUT2D eigenvalue weighted by atomic mass is 35.5. The maximum absolute atomic E-state index is 13.6. The molecule has 3 aromatic carbocycles. The fourth-order valence-electron chi connectivity index (χ4n) is 3.50. The zero-order chi connectivity index (χ0) is 23.8. The van der Waals surface area contributed by atoms with Crippen LogP contribution in [-0.2, 0) is 22.6 Å². The molecule has 1 atom stereocenters. The molecular formula is C27H28Cl2N2O2. The number of carbonyl (C=O) groups excluding carboxylic acids is 2. The molecule has 0 aliphatic carbocycles. The number of hydrogen-bond acceptors (Lipinski definition) is 2. The Morgan fingerprint density at radius 3 is 1.91 bits per heavy atom. The number of rotatable bonds is 9. The van der Waals surface area contributed by atoms with E-state index in [9.17, 15) is 9.59 Å². The van der Waals surface area contributed by atoms with E-state index >= 15 is 0 Å². The largest absolute Gasteiger partial charge is 0.354 e. The lowest BCUT2D eigenvalue weighted by Gasteiger charge is -2.32. The van der Waals surface area contributed by atoms with Gasteiger partial charge < -0.3 is 10.2 Å². The Balaban J connectivity index is 1.98. The van der Waals surface area contributed by atoms with Gasteiger partial charge in [0.2, 0.25) is 11.8 Å². The summed E-state index contributed by atoms with van der Waals surface area (Å²) in [5.74, 6) is -0.0611. The molecule has 6 heteroatoms. The first-order valence-electron chi connectivity index (χ1n) is 10.9. The van der Waals surface area contributed by atoms with E-state index in [-0.39, 0.29) is 24.8 Å². The van der Waals surface area contributed by atoms with Gasteiger partial charge in [0.05, 0.1) is 6.42 Å². The third-order valence-corrected chi connectivity index (χ3v) is 5.72. The summed E-state index contributed by atoms with van der Waals surface area (Å²) < 4.78 is 0. The minimum atomic E-state index is -0.763. The van der Waals surface area contributed by atoms with Gasteiger partial charge in [-0.1, -0.05) is 91.6 Å². The molecule has 0 saturated carbocycles. The van der Waals surface area contributed by atoms with Crippen LogP contribution in [0.3, 0.4) is 0 Å². The van der Waals surface area contributed by atoms with E-state index in [1.54, 1.807) is 29.2 Å². The standard InChI is InChI=1S/C27H28Cl2N2O2/c1-19(2)17-30-27(33)26(22-6-4-3-5-7-22)31(18-21-10-14-24(29)15-11-21)25(32)16-20-8-12-23(28)13-9-20/h3-15,19,26H,16-18H2,1-2H3,(H,30,33)/t26-/m0/s1. The molecule has 1 N–H and O–H groups in total. The van der Waals surface area contributed by atoms with Gasteiger partial charge in [0.15, 0.2) is 0 Å². The van der Waals surface area contributed by atoms with Gasteiger partial charge in [0, 0.05) is 23.1 Å². The first kappa shape index (κ1) is 24.8. The van der Waals surface area contributed by atoms with E-state index < -0.39 is 6.04 Å². The van der Waals surface area contributed by atoms with Crippen molar-refractivity contribution < 1.29 is 9.59 Å². The van der Waals surface area contributed by atoms with Crippen molar-refractivity contribution in [2.75, 3.05) is 6.54 Å². The predicted octanol–water partition coefficient (Wildman–Crippen LogP) is 6.08. The van der Waals surface area contributed by atoms with Gasteiger partial charge in [-0.2, -0.15) is 0 Å². The Morgan fingerprint density at radius 1 is 0.818 bits per heavy atom. The summed E-state index contributed by atoms with van der Waals surface area (Å²) in [4.78, 5) is 28.6. The quantitative estimate of drug-likeness (QED) is 0.401. The molecule has 2 amide bonds. The Kier molecular flexibility index (Phi) is 8.93. The fraction of sp³-hybridized carbons (Fsp3) is 0.259. The van der Waals surface area contributed by atoms with Gasteiger partial charge in [0.1, 0.15) is 6.04 Å². The molecule has 0 aliphatic heterocycles. The first-order valence-corrected chi connectivity index (χ1v) is 11.7. The molecule has 4 nitrogen and oxygen atoms in total. The maximum Gasteiger partial charge on any atom is 0.247 e. The van der Waals surface area contributed by atoms with Crippen molar-refractivity contribution in [2.45, 2.75) is 32.9 Å². The van der Waals surface area contributed by atoms with Gasteiger partial charge in [-0.25, -0.2) is 0 Å². The van der Waals surface area contributed by atoms with Gasteiger partial charge in [-0.3, -0.25) is 9.59 Å². The Hall–Kier alpha value is -2.82. The molecule has 3 rings (SSSR count). The summed E-state index contributed by atoms with van der Waals surface area (Å²) in [6.45, 7) is 4.88. The highest BCUT2D eigenvalue weighted by Crippen LogP contribution is 2.26. The highest BCUT2D eigenvalue weighted by molar-refractivity contribution is 6.30. The lowest BCUT2D eigenvalue weighted by Crippen LogP contribution is -2.44. The molecule has 0 radical (unpaired) electrons. The number of nitrogens with one attached hydrogen (secondary N) is 1. The second-order valence-corrected chi connectivity index (χ2v) is 9.28. The molecule has 0 spiro atoms. The van der Waals surface area contributed by atoms with Crippen LogP contribution in [0.1, 0.15) is 36.6 Å². The second-order valence-electron chi connectivity index (χ2n) is 8.40. The molecular weight excluding hydrogens is 455 g/mol. The molecule has 0 bridgehead atoms. The smallest absolute Gasteiger partial charge is 0.247 e. The van der Waals surface area contributed by atoms with Crippen LogP contribution < -0.4 is 5.32 Å². The first-order chi connectivity index (χ1) is 15.8. The Bertz CT molecular complexity index is 1050. The molecule has 0 heterocycles. The van der Waals surface area contributed by atoms with Crippen LogP contribution in [0, 0.1) is 5.92 Å². The van der Waals surface area contributed by atoms with E-state index in [1.807, 2.05) is 68.4 Å². The zero-order valence-electron chi connectivity index (χ0n) is 18.8. The minimum Gasteiger partial charge on any atom is -0.354 e. The molecule has 0 aliphatic rings. The molecule has 0 aromatic heterocycles. The molecule has 0 fully saturated rings. The topological polar surface area (TPSA) is 49.4 Å². The summed E-state index contributed by atoms with van der Waals surface area (Å²) >= 11 is 12.1. The van der Waals surface area contributed by atoms with Crippen molar-refractivity contribution in [3.63, 3.8) is 0 Å². The van der Waals surface area contributed by atoms with Crippen LogP contribution in [0.4, 0.5) is 0 Å². The van der Waals surface area contributed by atoms with Gasteiger partial charge >= 0.3 is 0 Å². The number of amides is 2. The average molecular weight is 483 g/mol.